The van der Waals surface area contributed by atoms with E-state index in [1.807, 2.05) is 19.9 Å². The predicted octanol–water partition coefficient (Wildman–Crippen LogP) is 1.91. The van der Waals surface area contributed by atoms with Gasteiger partial charge in [-0.1, -0.05) is 12.8 Å². The molecule has 0 aromatic rings. The van der Waals surface area contributed by atoms with Gasteiger partial charge in [0.1, 0.15) is 6.61 Å². The number of hydrogen-bond acceptors (Lipinski definition) is 5. The smallest absolute Gasteiger partial charge is 0.316 e. The molecule has 1 aliphatic carbocycles. The van der Waals surface area contributed by atoms with Gasteiger partial charge in [-0.25, -0.2) is 0 Å². The molecule has 122 valence electrons. The molecule has 0 saturated carbocycles. The lowest BCUT2D eigenvalue weighted by Crippen LogP contribution is -2.48. The summed E-state index contributed by atoms with van der Waals surface area (Å²) in [4.78, 5) is 12.4. The summed E-state index contributed by atoms with van der Waals surface area (Å²) in [5, 5.41) is 0. The highest BCUT2D eigenvalue weighted by molar-refractivity contribution is 5.81. The molecular weight excluding hydrogens is 284 g/mol. The van der Waals surface area contributed by atoms with Gasteiger partial charge in [0.2, 0.25) is 0 Å². The third-order valence-corrected chi connectivity index (χ3v) is 4.63. The summed E-state index contributed by atoms with van der Waals surface area (Å²) in [6.45, 7) is 7.43. The fraction of sp³-hybridized carbons (Fsp3) is 0.706. The van der Waals surface area contributed by atoms with Gasteiger partial charge >= 0.3 is 5.97 Å². The van der Waals surface area contributed by atoms with Gasteiger partial charge in [0.25, 0.3) is 0 Å². The SMILES string of the molecule is CC#CCOCC1=CC2(C[C@@H](C)[C@]1(C)C(=O)OC)OCCO2. The van der Waals surface area contributed by atoms with Crippen LogP contribution in [-0.4, -0.2) is 45.3 Å². The molecule has 2 rings (SSSR count). The van der Waals surface area contributed by atoms with Crippen molar-refractivity contribution in [3.63, 3.8) is 0 Å². The number of ether oxygens (including phenoxy) is 4. The zero-order valence-corrected chi connectivity index (χ0v) is 13.7. The topological polar surface area (TPSA) is 54.0 Å². The maximum atomic E-state index is 12.4. The second kappa shape index (κ2) is 6.82. The monoisotopic (exact) mass is 308 g/mol. The first-order valence-electron chi connectivity index (χ1n) is 7.54. The van der Waals surface area contributed by atoms with Crippen molar-refractivity contribution in [1.82, 2.24) is 0 Å². The minimum absolute atomic E-state index is 0.0129. The van der Waals surface area contributed by atoms with E-state index >= 15 is 0 Å². The number of rotatable bonds is 4. The normalized spacial score (nSPS) is 29.6. The Morgan fingerprint density at radius 2 is 2.14 bits per heavy atom. The molecule has 5 heteroatoms. The van der Waals surface area contributed by atoms with Crippen molar-refractivity contribution in [2.75, 3.05) is 33.5 Å². The first kappa shape index (κ1) is 17.0. The van der Waals surface area contributed by atoms with Gasteiger partial charge in [0.05, 0.1) is 32.3 Å². The van der Waals surface area contributed by atoms with Crippen molar-refractivity contribution in [2.24, 2.45) is 11.3 Å². The third kappa shape index (κ3) is 3.05. The molecule has 1 spiro atoms. The lowest BCUT2D eigenvalue weighted by molar-refractivity contribution is -0.167. The van der Waals surface area contributed by atoms with E-state index in [-0.39, 0.29) is 11.9 Å². The largest absolute Gasteiger partial charge is 0.468 e. The quantitative estimate of drug-likeness (QED) is 0.344. The number of hydrogen-bond donors (Lipinski definition) is 0. The van der Waals surface area contributed by atoms with E-state index in [1.54, 1.807) is 6.92 Å². The standard InChI is InChI=1S/C17H24O5/c1-5-6-7-20-12-14-11-17(21-8-9-22-17)10-13(2)16(14,3)15(18)19-4/h11,13H,7-10,12H2,1-4H3/t13-,16+/m1/s1. The summed E-state index contributed by atoms with van der Waals surface area (Å²) in [7, 11) is 1.41. The number of carbonyl (C=O) groups excluding carboxylic acids is 1. The van der Waals surface area contributed by atoms with Crippen molar-refractivity contribution in [3.8, 4) is 11.8 Å². The number of carbonyl (C=O) groups is 1. The van der Waals surface area contributed by atoms with Crippen LogP contribution in [0, 0.1) is 23.2 Å². The van der Waals surface area contributed by atoms with E-state index in [1.165, 1.54) is 7.11 Å². The highest BCUT2D eigenvalue weighted by Crippen LogP contribution is 2.48. The first-order chi connectivity index (χ1) is 10.5. The third-order valence-electron chi connectivity index (χ3n) is 4.63. The van der Waals surface area contributed by atoms with E-state index in [9.17, 15) is 4.79 Å². The van der Waals surface area contributed by atoms with Gasteiger partial charge in [-0.05, 0) is 31.4 Å². The Morgan fingerprint density at radius 1 is 1.45 bits per heavy atom. The molecule has 2 aliphatic rings. The van der Waals surface area contributed by atoms with Crippen LogP contribution in [0.2, 0.25) is 0 Å². The van der Waals surface area contributed by atoms with Crippen molar-refractivity contribution in [2.45, 2.75) is 33.0 Å². The van der Waals surface area contributed by atoms with Crippen LogP contribution >= 0.6 is 0 Å². The molecule has 1 heterocycles. The highest BCUT2D eigenvalue weighted by Gasteiger charge is 2.52. The van der Waals surface area contributed by atoms with E-state index in [0.717, 1.165) is 5.57 Å². The first-order valence-corrected chi connectivity index (χ1v) is 7.54. The fourth-order valence-electron chi connectivity index (χ4n) is 3.11. The molecule has 1 saturated heterocycles. The molecule has 0 bridgehead atoms. The molecule has 0 N–H and O–H groups in total. The molecule has 22 heavy (non-hydrogen) atoms. The molecular formula is C17H24O5. The van der Waals surface area contributed by atoms with Crippen LogP contribution < -0.4 is 0 Å². The minimum atomic E-state index is -0.741. The van der Waals surface area contributed by atoms with Gasteiger partial charge in [-0.3, -0.25) is 4.79 Å². The average molecular weight is 308 g/mol. The van der Waals surface area contributed by atoms with Crippen molar-refractivity contribution in [3.05, 3.63) is 11.6 Å². The Balaban J connectivity index is 2.29. The summed E-state index contributed by atoms with van der Waals surface area (Å²) in [5.74, 6) is 4.65. The zero-order chi connectivity index (χ0) is 16.2. The second-order valence-electron chi connectivity index (χ2n) is 5.90. The number of methoxy groups -OCH3 is 1. The van der Waals surface area contributed by atoms with E-state index < -0.39 is 11.2 Å². The van der Waals surface area contributed by atoms with Crippen molar-refractivity contribution in [1.29, 1.82) is 0 Å². The van der Waals surface area contributed by atoms with Gasteiger partial charge in [-0.15, -0.1) is 5.92 Å². The van der Waals surface area contributed by atoms with Crippen LogP contribution in [0.25, 0.3) is 0 Å². The molecule has 1 fully saturated rings. The molecule has 1 aliphatic heterocycles. The van der Waals surface area contributed by atoms with E-state index in [0.29, 0.717) is 32.8 Å². The van der Waals surface area contributed by atoms with Gasteiger partial charge in [0, 0.05) is 6.42 Å². The Bertz CT molecular complexity index is 507. The van der Waals surface area contributed by atoms with Crippen molar-refractivity contribution < 1.29 is 23.7 Å². The van der Waals surface area contributed by atoms with Gasteiger partial charge in [0.15, 0.2) is 5.79 Å². The fourth-order valence-corrected chi connectivity index (χ4v) is 3.11. The van der Waals surface area contributed by atoms with Crippen LogP contribution in [0.15, 0.2) is 11.6 Å². The van der Waals surface area contributed by atoms with Crippen molar-refractivity contribution >= 4 is 5.97 Å². The Labute approximate surface area is 131 Å². The van der Waals surface area contributed by atoms with E-state index in [4.69, 9.17) is 18.9 Å². The molecule has 0 radical (unpaired) electrons. The summed E-state index contributed by atoms with van der Waals surface area (Å²) < 4.78 is 22.2. The van der Waals surface area contributed by atoms with Gasteiger partial charge in [-0.2, -0.15) is 0 Å². The molecule has 0 aromatic carbocycles. The zero-order valence-electron chi connectivity index (χ0n) is 13.7. The summed E-state index contributed by atoms with van der Waals surface area (Å²) >= 11 is 0. The maximum Gasteiger partial charge on any atom is 0.316 e. The average Bonchev–Trinajstić information content (AvgIpc) is 2.95. The lowest BCUT2D eigenvalue weighted by atomic mass is 9.65. The summed E-state index contributed by atoms with van der Waals surface area (Å²) in [6, 6.07) is 0. The maximum absolute atomic E-state index is 12.4. The van der Waals surface area contributed by atoms with Crippen LogP contribution in [0.1, 0.15) is 27.2 Å². The minimum Gasteiger partial charge on any atom is -0.468 e. The Hall–Kier alpha value is -1.35. The van der Waals surface area contributed by atoms with Crippen LogP contribution in [0.4, 0.5) is 0 Å². The molecule has 0 aromatic heterocycles. The molecule has 0 amide bonds. The Kier molecular flexibility index (Phi) is 5.28. The summed E-state index contributed by atoms with van der Waals surface area (Å²) in [5.41, 5.74) is 0.0903. The molecule has 0 unspecified atom stereocenters. The van der Waals surface area contributed by atoms with Crippen LogP contribution in [0.5, 0.6) is 0 Å². The predicted molar refractivity (Wildman–Crippen MR) is 80.9 cm³/mol. The Morgan fingerprint density at radius 3 is 2.73 bits per heavy atom. The number of esters is 1. The second-order valence-corrected chi connectivity index (χ2v) is 5.90. The van der Waals surface area contributed by atoms with Crippen LogP contribution in [-0.2, 0) is 23.7 Å². The summed E-state index contributed by atoms with van der Waals surface area (Å²) in [6.07, 6.45) is 2.52. The van der Waals surface area contributed by atoms with Gasteiger partial charge < -0.3 is 18.9 Å². The van der Waals surface area contributed by atoms with Crippen LogP contribution in [0.3, 0.4) is 0 Å². The lowest BCUT2D eigenvalue weighted by Gasteiger charge is -2.43. The molecule has 5 nitrogen and oxygen atoms in total. The molecule has 2 atom stereocenters. The van der Waals surface area contributed by atoms with E-state index in [2.05, 4.69) is 11.8 Å². The highest BCUT2D eigenvalue weighted by atomic mass is 16.7.